The first kappa shape index (κ1) is 22.5. The number of hydrogen-bond donors (Lipinski definition) is 1. The van der Waals surface area contributed by atoms with E-state index in [1.54, 1.807) is 6.33 Å². The predicted octanol–water partition coefficient (Wildman–Crippen LogP) is 4.22. The van der Waals surface area contributed by atoms with Crippen molar-refractivity contribution in [1.29, 1.82) is 0 Å². The minimum Gasteiger partial charge on any atom is -0.341 e. The standard InChI is InChI=1S/C26H44N6/c1-25(2)10-11-26(3,4)22-15-18(5-6-21(22)25)23-28-17-29-24(30-23)31-13-8-20(9-14-31)32-12-7-19(27)16-32/h17-22H,5-16,27H2,1-4H3. The highest BCUT2D eigenvalue weighted by Gasteiger charge is 2.50. The van der Waals surface area contributed by atoms with Crippen molar-refractivity contribution in [2.75, 3.05) is 31.1 Å². The van der Waals surface area contributed by atoms with E-state index < -0.39 is 0 Å². The van der Waals surface area contributed by atoms with E-state index in [0.717, 1.165) is 49.7 Å². The van der Waals surface area contributed by atoms with Gasteiger partial charge in [-0.2, -0.15) is 4.98 Å². The van der Waals surface area contributed by atoms with Crippen LogP contribution in [-0.4, -0.2) is 58.1 Å². The van der Waals surface area contributed by atoms with E-state index >= 15 is 0 Å². The van der Waals surface area contributed by atoms with Crippen LogP contribution in [0.25, 0.3) is 0 Å². The Morgan fingerprint density at radius 1 is 0.875 bits per heavy atom. The van der Waals surface area contributed by atoms with Crippen LogP contribution in [0.5, 0.6) is 0 Å². The van der Waals surface area contributed by atoms with Gasteiger partial charge in [-0.1, -0.05) is 27.7 Å². The lowest BCUT2D eigenvalue weighted by atomic mass is 9.50. The molecule has 6 nitrogen and oxygen atoms in total. The predicted molar refractivity (Wildman–Crippen MR) is 130 cm³/mol. The molecule has 2 aliphatic heterocycles. The number of likely N-dealkylation sites (tertiary alicyclic amines) is 1. The van der Waals surface area contributed by atoms with E-state index in [4.69, 9.17) is 15.7 Å². The van der Waals surface area contributed by atoms with E-state index in [1.165, 1.54) is 51.5 Å². The summed E-state index contributed by atoms with van der Waals surface area (Å²) in [5.74, 6) is 4.03. The number of nitrogens with two attached hydrogens (primary N) is 1. The first-order chi connectivity index (χ1) is 15.2. The van der Waals surface area contributed by atoms with Gasteiger partial charge in [0.15, 0.2) is 0 Å². The molecular weight excluding hydrogens is 396 g/mol. The maximum Gasteiger partial charge on any atom is 0.228 e. The molecule has 1 aromatic rings. The smallest absolute Gasteiger partial charge is 0.228 e. The molecule has 0 amide bonds. The molecular formula is C26H44N6. The second-order valence-corrected chi connectivity index (χ2v) is 12.6. The fraction of sp³-hybridized carbons (Fsp3) is 0.885. The lowest BCUT2D eigenvalue weighted by Gasteiger charge is -2.55. The highest BCUT2D eigenvalue weighted by molar-refractivity contribution is 5.30. The van der Waals surface area contributed by atoms with Crippen LogP contribution in [0.1, 0.15) is 90.8 Å². The summed E-state index contributed by atoms with van der Waals surface area (Å²) < 4.78 is 0. The van der Waals surface area contributed by atoms with Gasteiger partial charge in [0, 0.05) is 44.2 Å². The SMILES string of the molecule is CC1(C)CCC(C)(C)C2CC(c3ncnc(N4CCC(N5CCC(N)C5)CC4)n3)CCC21. The van der Waals surface area contributed by atoms with E-state index in [0.29, 0.717) is 28.8 Å². The maximum atomic E-state index is 6.13. The Bertz CT molecular complexity index is 799. The van der Waals surface area contributed by atoms with Crippen LogP contribution < -0.4 is 10.6 Å². The van der Waals surface area contributed by atoms with Gasteiger partial charge in [0.2, 0.25) is 5.95 Å². The first-order valence-electron chi connectivity index (χ1n) is 13.2. The third-order valence-electron chi connectivity index (χ3n) is 9.73. The van der Waals surface area contributed by atoms with Gasteiger partial charge in [-0.15, -0.1) is 0 Å². The van der Waals surface area contributed by atoms with Crippen molar-refractivity contribution < 1.29 is 0 Å². The number of nitrogens with zero attached hydrogens (tertiary/aromatic N) is 5. The average Bonchev–Trinajstić information content (AvgIpc) is 3.23. The molecule has 2 aliphatic carbocycles. The van der Waals surface area contributed by atoms with Crippen molar-refractivity contribution in [2.45, 2.75) is 97.1 Å². The monoisotopic (exact) mass is 440 g/mol. The van der Waals surface area contributed by atoms with Crippen molar-refractivity contribution in [3.63, 3.8) is 0 Å². The van der Waals surface area contributed by atoms with Crippen molar-refractivity contribution in [1.82, 2.24) is 19.9 Å². The number of aromatic nitrogens is 3. The molecule has 178 valence electrons. The van der Waals surface area contributed by atoms with Crippen molar-refractivity contribution >= 4 is 5.95 Å². The zero-order valence-corrected chi connectivity index (χ0v) is 20.8. The van der Waals surface area contributed by atoms with Gasteiger partial charge in [0.25, 0.3) is 0 Å². The topological polar surface area (TPSA) is 71.2 Å². The van der Waals surface area contributed by atoms with Crippen LogP contribution in [0.4, 0.5) is 5.95 Å². The van der Waals surface area contributed by atoms with Crippen LogP contribution in [0.3, 0.4) is 0 Å². The van der Waals surface area contributed by atoms with Gasteiger partial charge in [0.1, 0.15) is 12.2 Å². The Morgan fingerprint density at radius 3 is 2.28 bits per heavy atom. The molecule has 4 fully saturated rings. The molecule has 4 unspecified atom stereocenters. The van der Waals surface area contributed by atoms with Crippen LogP contribution in [0, 0.1) is 22.7 Å². The van der Waals surface area contributed by atoms with Crippen LogP contribution in [0.2, 0.25) is 0 Å². The first-order valence-corrected chi connectivity index (χ1v) is 13.2. The quantitative estimate of drug-likeness (QED) is 0.759. The lowest BCUT2D eigenvalue weighted by Crippen LogP contribution is -2.47. The lowest BCUT2D eigenvalue weighted by molar-refractivity contribution is -0.0505. The molecule has 6 heteroatoms. The Balaban J connectivity index is 1.25. The zero-order valence-electron chi connectivity index (χ0n) is 20.8. The van der Waals surface area contributed by atoms with Gasteiger partial charge >= 0.3 is 0 Å². The minimum absolute atomic E-state index is 0.369. The molecule has 0 bridgehead atoms. The Hall–Kier alpha value is -1.27. The Morgan fingerprint density at radius 2 is 1.59 bits per heavy atom. The summed E-state index contributed by atoms with van der Waals surface area (Å²) >= 11 is 0. The summed E-state index contributed by atoms with van der Waals surface area (Å²) in [4.78, 5) is 19.3. The van der Waals surface area contributed by atoms with Gasteiger partial charge in [0.05, 0.1) is 0 Å². The normalized spacial score (nSPS) is 35.6. The van der Waals surface area contributed by atoms with Gasteiger partial charge in [-0.3, -0.25) is 4.90 Å². The summed E-state index contributed by atoms with van der Waals surface area (Å²) in [6.07, 6.45) is 11.8. The van der Waals surface area contributed by atoms with Crippen LogP contribution in [0.15, 0.2) is 6.33 Å². The van der Waals surface area contributed by atoms with E-state index in [9.17, 15) is 0 Å². The highest BCUT2D eigenvalue weighted by Crippen LogP contribution is 2.59. The number of anilines is 1. The Labute approximate surface area is 194 Å². The van der Waals surface area contributed by atoms with E-state index in [-0.39, 0.29) is 0 Å². The molecule has 2 N–H and O–H groups in total. The molecule has 0 radical (unpaired) electrons. The number of piperidine rings is 1. The van der Waals surface area contributed by atoms with Crippen molar-refractivity contribution in [2.24, 2.45) is 28.4 Å². The van der Waals surface area contributed by atoms with E-state index in [1.807, 2.05) is 0 Å². The molecule has 2 saturated heterocycles. The third kappa shape index (κ3) is 4.29. The van der Waals surface area contributed by atoms with Gasteiger partial charge in [-0.05, 0) is 74.0 Å². The fourth-order valence-corrected chi connectivity index (χ4v) is 7.45. The molecule has 1 aromatic heterocycles. The highest BCUT2D eigenvalue weighted by atomic mass is 15.3. The molecule has 2 saturated carbocycles. The largest absolute Gasteiger partial charge is 0.341 e. The van der Waals surface area contributed by atoms with Crippen LogP contribution >= 0.6 is 0 Å². The zero-order chi connectivity index (χ0) is 22.5. The average molecular weight is 441 g/mol. The fourth-order valence-electron chi connectivity index (χ4n) is 7.45. The van der Waals surface area contributed by atoms with E-state index in [2.05, 4.69) is 42.5 Å². The maximum absolute atomic E-state index is 6.13. The molecule has 5 rings (SSSR count). The summed E-state index contributed by atoms with van der Waals surface area (Å²) in [6, 6.07) is 1.04. The second-order valence-electron chi connectivity index (χ2n) is 12.6. The van der Waals surface area contributed by atoms with Gasteiger partial charge < -0.3 is 10.6 Å². The molecule has 4 atom stereocenters. The van der Waals surface area contributed by atoms with Crippen molar-refractivity contribution in [3.05, 3.63) is 12.2 Å². The minimum atomic E-state index is 0.369. The summed E-state index contributed by atoms with van der Waals surface area (Å²) in [6.45, 7) is 14.3. The number of rotatable bonds is 3. The van der Waals surface area contributed by atoms with Crippen molar-refractivity contribution in [3.8, 4) is 0 Å². The Kier molecular flexibility index (Phi) is 5.98. The molecule has 3 heterocycles. The molecule has 4 aliphatic rings. The second kappa shape index (κ2) is 8.50. The number of fused-ring (bicyclic) bond motifs is 1. The summed E-state index contributed by atoms with van der Waals surface area (Å²) in [5.41, 5.74) is 7.03. The van der Waals surface area contributed by atoms with Gasteiger partial charge in [-0.25, -0.2) is 9.97 Å². The summed E-state index contributed by atoms with van der Waals surface area (Å²) in [7, 11) is 0. The summed E-state index contributed by atoms with van der Waals surface area (Å²) in [5, 5.41) is 0. The number of hydrogen-bond acceptors (Lipinski definition) is 6. The molecule has 0 aromatic carbocycles. The molecule has 32 heavy (non-hydrogen) atoms. The molecule has 0 spiro atoms. The van der Waals surface area contributed by atoms with Crippen LogP contribution in [-0.2, 0) is 0 Å². The third-order valence-corrected chi connectivity index (χ3v) is 9.73.